The monoisotopic (exact) mass is 1850 g/mol. The number of hydrogen-bond donors (Lipinski definition) is 6. The summed E-state index contributed by atoms with van der Waals surface area (Å²) in [7, 11) is 4.58. The van der Waals surface area contributed by atoms with Gasteiger partial charge < -0.3 is 104 Å². The highest BCUT2D eigenvalue weighted by Gasteiger charge is 2.53. The molecule has 15 atom stereocenters. The number of carbonyl (C=O) groups is 6. The Kier molecular flexibility index (Phi) is 41.2. The molecule has 5 aromatic heterocycles. The number of Topliss-reactive ketones (excluding diaryl/α,β-unsaturated/α-hetero) is 3. The molecule has 2 aromatic carbocycles. The number of benzene rings is 2. The van der Waals surface area contributed by atoms with Gasteiger partial charge in [-0.1, -0.05) is 92.8 Å². The van der Waals surface area contributed by atoms with Gasteiger partial charge in [-0.15, -0.1) is 10.2 Å². The molecule has 9 N–H and O–H groups in total. The van der Waals surface area contributed by atoms with Crippen LogP contribution in [0.25, 0.3) is 55.9 Å². The fourth-order valence-corrected chi connectivity index (χ4v) is 17.4. The zero-order chi connectivity index (χ0) is 94.8. The number of piperidine rings is 1. The molecule has 133 heavy (non-hydrogen) atoms. The lowest BCUT2D eigenvalue weighted by Crippen LogP contribution is -2.61. The number of hydrogen-bond acceptors (Lipinski definition) is 33. The van der Waals surface area contributed by atoms with Gasteiger partial charge >= 0.3 is 5.97 Å². The number of aliphatic hydroxyl groups is 2. The number of methoxy groups -OCH3 is 3. The molecule has 38 heteroatoms. The topological polar surface area (TPSA) is 487 Å². The van der Waals surface area contributed by atoms with E-state index < -0.39 is 83.8 Å². The molecule has 2 bridgehead atoms. The molecule has 8 heterocycles. The van der Waals surface area contributed by atoms with Crippen molar-refractivity contribution in [2.45, 2.75) is 211 Å². The van der Waals surface area contributed by atoms with E-state index in [4.69, 9.17) is 88.3 Å². The number of oxazole rings is 1. The Hall–Kier alpha value is -9.88. The van der Waals surface area contributed by atoms with Crippen molar-refractivity contribution in [2.75, 3.05) is 152 Å². The van der Waals surface area contributed by atoms with Gasteiger partial charge in [0.05, 0.1) is 160 Å². The largest absolute Gasteiger partial charge is 0.459 e. The molecule has 11 rings (SSSR count). The summed E-state index contributed by atoms with van der Waals surface area (Å²) in [6, 6.07) is 11.0. The van der Waals surface area contributed by atoms with Crippen LogP contribution in [0.3, 0.4) is 0 Å². The summed E-state index contributed by atoms with van der Waals surface area (Å²) in [5.41, 5.74) is 26.7. The number of aliphatic hydroxyl groups excluding tert-OH is 1. The van der Waals surface area contributed by atoms with Gasteiger partial charge in [0.15, 0.2) is 17.0 Å². The van der Waals surface area contributed by atoms with Crippen LogP contribution in [0.2, 0.25) is 0 Å². The number of nitrogens with one attached hydrogen (secondary N) is 1. The molecule has 0 spiro atoms. The van der Waals surface area contributed by atoms with Crippen molar-refractivity contribution in [2.24, 2.45) is 35.3 Å². The third-order valence-electron chi connectivity index (χ3n) is 25.0. The molecule has 0 unspecified atom stereocenters. The molecule has 1 saturated carbocycles. The second-order valence-corrected chi connectivity index (χ2v) is 34.8. The van der Waals surface area contributed by atoms with E-state index in [0.717, 1.165) is 45.7 Å². The number of aryl methyl sites for hydroxylation is 1. The van der Waals surface area contributed by atoms with E-state index in [0.29, 0.717) is 221 Å². The summed E-state index contributed by atoms with van der Waals surface area (Å²) < 4.78 is 86.5. The van der Waals surface area contributed by atoms with Crippen LogP contribution in [0.4, 0.5) is 11.8 Å². The van der Waals surface area contributed by atoms with Crippen LogP contribution in [-0.2, 0) is 103 Å². The number of nitrogens with two attached hydrogens (primary N) is 3. The van der Waals surface area contributed by atoms with Crippen LogP contribution >= 0.6 is 0 Å². The number of esters is 1. The van der Waals surface area contributed by atoms with Crippen molar-refractivity contribution in [3.63, 3.8) is 0 Å². The second kappa shape index (κ2) is 52.8. The first kappa shape index (κ1) is 104. The molecule has 2 amide bonds. The predicted octanol–water partition coefficient (Wildman–Crippen LogP) is 8.50. The molecule has 38 nitrogen and oxygen atoms in total. The van der Waals surface area contributed by atoms with E-state index in [1.165, 1.54) is 13.4 Å². The van der Waals surface area contributed by atoms with Crippen LogP contribution in [0.5, 0.6) is 0 Å². The molecular weight excluding hydrogens is 1720 g/mol. The molecule has 2 saturated heterocycles. The number of fused-ring (bicyclic) bond motifs is 5. The standard InChI is InChI=1S/C95H136N16O22/c1-61-18-11-10-12-19-62(2)80(120-7)56-71-26-23-66(6)95(119,133-71)89(116)92(117)109-31-15-13-22-76(109)93(118)131-81(57-78(112)63(3)51-65(5)87(115)88(122-9)86(114)64(4)50-61)72(96)52-67-24-27-75(82(53-67)121-8)111-77(58-102-106-111)69-21-17-20-68(54-69)74-59-108(107-104-74)33-35-124-37-39-126-41-43-128-45-47-130-49-48-129-46-44-127-42-40-125-38-36-123-34-29-83(113)99-30-14-16-32-110-91-84(90(97)100-60-101-91)85(105-110)70-25-28-79-73(55-70)103-94(98)132-79/h10-12,17-21,25,28,51,54-55,58-61,63-64,66-67,71-72,75-76,80-82,87-88,115,119H,13-16,22-24,26-27,29-50,52-53,56-57,96H2,1-9H3,(H2,98,103)(H,99,113)(H2,97,100,101)/b12-10+,18-11+,62-19+,65-51+/t61-,63-,64-,66-,67+,71+,72-,75+,76+,80+,81+,82-,87-,88+,95-/m1/s1. The molecule has 728 valence electrons. The van der Waals surface area contributed by atoms with E-state index in [9.17, 15) is 39.0 Å². The number of cyclic esters (lactones) is 1. The average Bonchev–Trinajstić information content (AvgIpc) is 1.25. The highest BCUT2D eigenvalue weighted by molar-refractivity contribution is 6.39. The van der Waals surface area contributed by atoms with Crippen molar-refractivity contribution in [1.82, 2.24) is 64.9 Å². The van der Waals surface area contributed by atoms with E-state index in [1.807, 2.05) is 91.5 Å². The lowest BCUT2D eigenvalue weighted by atomic mass is 9.79. The van der Waals surface area contributed by atoms with Crippen molar-refractivity contribution in [3.05, 3.63) is 109 Å². The van der Waals surface area contributed by atoms with Gasteiger partial charge in [-0.3, -0.25) is 24.0 Å². The van der Waals surface area contributed by atoms with E-state index in [1.54, 1.807) is 69.6 Å². The Morgan fingerprint density at radius 1 is 0.714 bits per heavy atom. The summed E-state index contributed by atoms with van der Waals surface area (Å²) in [6.45, 7) is 18.5. The fourth-order valence-electron chi connectivity index (χ4n) is 17.4. The number of anilines is 2. The van der Waals surface area contributed by atoms with Gasteiger partial charge in [0.25, 0.3) is 17.7 Å². The lowest BCUT2D eigenvalue weighted by molar-refractivity contribution is -0.265. The zero-order valence-electron chi connectivity index (χ0n) is 78.2. The molecule has 0 radical (unpaired) electrons. The van der Waals surface area contributed by atoms with Gasteiger partial charge in [-0.05, 0) is 138 Å². The zero-order valence-corrected chi connectivity index (χ0v) is 78.2. The number of allylic oxidation sites excluding steroid dienone is 6. The first-order valence-corrected chi connectivity index (χ1v) is 46.5. The average molecular weight is 1850 g/mol. The molecule has 3 fully saturated rings. The summed E-state index contributed by atoms with van der Waals surface area (Å²) >= 11 is 0. The minimum atomic E-state index is -2.50. The van der Waals surface area contributed by atoms with E-state index >= 15 is 0 Å². The Balaban J connectivity index is 0.551. The van der Waals surface area contributed by atoms with Crippen molar-refractivity contribution < 1.29 is 105 Å². The van der Waals surface area contributed by atoms with Crippen molar-refractivity contribution >= 4 is 69.1 Å². The van der Waals surface area contributed by atoms with Crippen LogP contribution < -0.4 is 22.5 Å². The van der Waals surface area contributed by atoms with Gasteiger partial charge in [0.1, 0.15) is 59.2 Å². The van der Waals surface area contributed by atoms with Crippen molar-refractivity contribution in [1.29, 1.82) is 0 Å². The number of aromatic nitrogens is 11. The molecule has 1 aliphatic carbocycles. The quantitative estimate of drug-likeness (QED) is 0.00903. The first-order valence-electron chi connectivity index (χ1n) is 46.5. The maximum absolute atomic E-state index is 14.9. The van der Waals surface area contributed by atoms with Gasteiger partial charge in [-0.25, -0.2) is 28.8 Å². The molecule has 4 aliphatic rings. The number of nitrogens with zero attached hydrogens (tertiary/aromatic N) is 12. The number of carbonyl (C=O) groups excluding carboxylic acids is 6. The SMILES string of the molecule is CO[C@H]1C[C@@H]2CC[C@@H](C)[C@@](O)(O2)C(=O)C(=O)N2CCCC[C@H]2C(=O)O[C@H]([C@H](N)C[C@@H]2CC[C@H](n3nncc3-c3cccc(-c4cn(CCOCCOCCOCCOCCOCCOCCOCCOCCC(=O)NCCCCn5nc(-c6ccc7oc(N)nc7c6)c6c(N)ncnc65)nn4)c3)[C@H](OC)C2)CC(=O)[C@H](C)/C=C(\C)[C@@H](O)[C@@H](OC)C(=O)[C@H](C)C[C@H](C)/C=C/C=C/C=C/1C. The second-order valence-electron chi connectivity index (χ2n) is 34.8. The third-order valence-corrected chi connectivity index (χ3v) is 25.0. The summed E-state index contributed by atoms with van der Waals surface area (Å²) in [5.74, 6) is -8.29. The normalized spacial score (nSPS) is 25.8. The van der Waals surface area contributed by atoms with Crippen LogP contribution in [0, 0.1) is 29.6 Å². The van der Waals surface area contributed by atoms with E-state index in [2.05, 4.69) is 40.9 Å². The summed E-state index contributed by atoms with van der Waals surface area (Å²) in [4.78, 5) is 99.2. The van der Waals surface area contributed by atoms with E-state index in [-0.39, 0.29) is 86.3 Å². The number of unbranched alkanes of at least 4 members (excludes halogenated alkanes) is 1. The van der Waals surface area contributed by atoms with Crippen LogP contribution in [0.15, 0.2) is 113 Å². The number of nitrogen functional groups attached to an aromatic ring is 2. The van der Waals surface area contributed by atoms with Crippen LogP contribution in [-0.4, -0.2) is 300 Å². The smallest absolute Gasteiger partial charge is 0.329 e. The maximum atomic E-state index is 14.9. The Bertz CT molecular complexity index is 4990. The number of ketones is 3. The predicted molar refractivity (Wildman–Crippen MR) is 492 cm³/mol. The molecule has 7 aromatic rings. The molecule has 3 aliphatic heterocycles. The number of ether oxygens (including phenoxy) is 13. The van der Waals surface area contributed by atoms with Gasteiger partial charge in [0.2, 0.25) is 11.7 Å². The van der Waals surface area contributed by atoms with Crippen LogP contribution in [0.1, 0.15) is 144 Å². The molecular formula is C95H136N16O22. The minimum absolute atomic E-state index is 0.0192. The number of rotatable bonds is 42. The number of amides is 2. The Morgan fingerprint density at radius 3 is 2.10 bits per heavy atom. The fraction of sp³-hybridized carbons (Fsp3) is 0.621. The van der Waals surface area contributed by atoms with Gasteiger partial charge in [0, 0.05) is 101 Å². The Labute approximate surface area is 776 Å². The highest BCUT2D eigenvalue weighted by Crippen LogP contribution is 2.41. The third kappa shape index (κ3) is 29.8. The summed E-state index contributed by atoms with van der Waals surface area (Å²) in [5, 5.41) is 50.2. The first-order chi connectivity index (χ1) is 64.4. The summed E-state index contributed by atoms with van der Waals surface area (Å²) in [6.07, 6.45) is 16.9. The lowest BCUT2D eigenvalue weighted by Gasteiger charge is -2.42. The Morgan fingerprint density at radius 2 is 1.41 bits per heavy atom. The maximum Gasteiger partial charge on any atom is 0.329 e. The van der Waals surface area contributed by atoms with Crippen molar-refractivity contribution in [3.8, 4) is 33.8 Å². The highest BCUT2D eigenvalue weighted by atomic mass is 16.6. The van der Waals surface area contributed by atoms with Gasteiger partial charge in [-0.2, -0.15) is 10.1 Å². The minimum Gasteiger partial charge on any atom is -0.459 e.